The van der Waals surface area contributed by atoms with E-state index in [9.17, 15) is 4.79 Å². The lowest BCUT2D eigenvalue weighted by Gasteiger charge is -2.02. The minimum Gasteiger partial charge on any atom is -0.476 e. The fraction of sp³-hybridized carbons (Fsp3) is 0. The van der Waals surface area contributed by atoms with Crippen molar-refractivity contribution in [2.75, 3.05) is 0 Å². The monoisotopic (exact) mass is 361 g/mol. The van der Waals surface area contributed by atoms with E-state index in [4.69, 9.17) is 5.11 Å². The van der Waals surface area contributed by atoms with Crippen molar-refractivity contribution in [2.45, 2.75) is 0 Å². The number of rotatable bonds is 2. The maximum Gasteiger partial charge on any atom is 0.355 e. The summed E-state index contributed by atoms with van der Waals surface area (Å²) in [4.78, 5) is 14.8. The van der Waals surface area contributed by atoms with Gasteiger partial charge in [0, 0.05) is 19.9 Å². The van der Waals surface area contributed by atoms with Crippen LogP contribution in [0.2, 0.25) is 0 Å². The van der Waals surface area contributed by atoms with Crippen LogP contribution in [-0.4, -0.2) is 16.1 Å². The van der Waals surface area contributed by atoms with Crippen LogP contribution in [0.3, 0.4) is 0 Å². The van der Waals surface area contributed by atoms with Crippen molar-refractivity contribution in [3.05, 3.63) is 38.2 Å². The summed E-state index contributed by atoms with van der Waals surface area (Å²) in [6.07, 6.45) is 0. The Bertz CT molecular complexity index is 533. The highest BCUT2D eigenvalue weighted by molar-refractivity contribution is 9.11. The molecule has 2 rings (SSSR count). The Kier molecular flexibility index (Phi) is 3.41. The molecule has 0 aliphatic heterocycles. The summed E-state index contributed by atoms with van der Waals surface area (Å²) >= 11 is 8.15. The van der Waals surface area contributed by atoms with Gasteiger partial charge < -0.3 is 5.11 Å². The summed E-state index contributed by atoms with van der Waals surface area (Å²) in [7, 11) is 0. The zero-order valence-electron chi connectivity index (χ0n) is 7.78. The number of aromatic nitrogens is 1. The van der Waals surface area contributed by atoms with Crippen LogP contribution in [0, 0.1) is 0 Å². The molecule has 0 spiro atoms. The van der Waals surface area contributed by atoms with Crippen molar-refractivity contribution in [1.29, 1.82) is 0 Å². The lowest BCUT2D eigenvalue weighted by molar-refractivity contribution is 0.0691. The van der Waals surface area contributed by atoms with Gasteiger partial charge in [0.15, 0.2) is 5.69 Å². The van der Waals surface area contributed by atoms with Gasteiger partial charge in [-0.05, 0) is 12.1 Å². The standard InChI is InChI=1S/C10H5Br2NO2S/c11-5-2-1-3-6(12)8(5)9-13-7(4-16-9)10(14)15/h1-4H,(H,14,15). The first kappa shape index (κ1) is 11.8. The number of benzene rings is 1. The first-order valence-corrected chi connectivity index (χ1v) is 6.69. The van der Waals surface area contributed by atoms with Gasteiger partial charge >= 0.3 is 5.97 Å². The quantitative estimate of drug-likeness (QED) is 0.877. The van der Waals surface area contributed by atoms with E-state index in [2.05, 4.69) is 36.8 Å². The fourth-order valence-electron chi connectivity index (χ4n) is 1.19. The molecule has 1 heterocycles. The van der Waals surface area contributed by atoms with Crippen molar-refractivity contribution in [1.82, 2.24) is 4.98 Å². The van der Waals surface area contributed by atoms with Crippen molar-refractivity contribution in [3.63, 3.8) is 0 Å². The Labute approximate surface area is 112 Å². The van der Waals surface area contributed by atoms with Crippen LogP contribution in [0.25, 0.3) is 10.6 Å². The largest absolute Gasteiger partial charge is 0.476 e. The van der Waals surface area contributed by atoms with Crippen LogP contribution in [-0.2, 0) is 0 Å². The van der Waals surface area contributed by atoms with Crippen molar-refractivity contribution >= 4 is 49.2 Å². The number of aromatic carboxylic acids is 1. The van der Waals surface area contributed by atoms with Crippen molar-refractivity contribution in [3.8, 4) is 10.6 Å². The molecule has 0 saturated carbocycles. The molecule has 0 aliphatic carbocycles. The molecule has 0 atom stereocenters. The molecule has 2 aromatic rings. The molecule has 82 valence electrons. The second-order valence-corrected chi connectivity index (χ2v) is 5.51. The van der Waals surface area contributed by atoms with Crippen LogP contribution in [0.5, 0.6) is 0 Å². The number of hydrogen-bond acceptors (Lipinski definition) is 3. The summed E-state index contributed by atoms with van der Waals surface area (Å²) in [5.41, 5.74) is 0.947. The van der Waals surface area contributed by atoms with E-state index in [1.165, 1.54) is 16.7 Å². The minimum absolute atomic E-state index is 0.0719. The molecule has 16 heavy (non-hydrogen) atoms. The average molecular weight is 363 g/mol. The van der Waals surface area contributed by atoms with Crippen LogP contribution >= 0.6 is 43.2 Å². The topological polar surface area (TPSA) is 50.2 Å². The summed E-state index contributed by atoms with van der Waals surface area (Å²) in [5.74, 6) is -1.01. The van der Waals surface area contributed by atoms with Gasteiger partial charge in [-0.2, -0.15) is 0 Å². The highest BCUT2D eigenvalue weighted by Crippen LogP contribution is 2.36. The van der Waals surface area contributed by atoms with E-state index in [-0.39, 0.29) is 5.69 Å². The minimum atomic E-state index is -1.01. The number of carbonyl (C=O) groups is 1. The number of carboxylic acids is 1. The van der Waals surface area contributed by atoms with Gasteiger partial charge in [0.1, 0.15) is 5.01 Å². The van der Waals surface area contributed by atoms with Crippen molar-refractivity contribution in [2.24, 2.45) is 0 Å². The van der Waals surface area contributed by atoms with E-state index in [0.29, 0.717) is 5.01 Å². The van der Waals surface area contributed by atoms with Gasteiger partial charge in [0.2, 0.25) is 0 Å². The van der Waals surface area contributed by atoms with Gasteiger partial charge in [-0.25, -0.2) is 9.78 Å². The number of thiazole rings is 1. The van der Waals surface area contributed by atoms with Gasteiger partial charge in [-0.15, -0.1) is 11.3 Å². The molecule has 0 saturated heterocycles. The summed E-state index contributed by atoms with van der Waals surface area (Å²) in [6, 6.07) is 5.67. The number of halogens is 2. The van der Waals surface area contributed by atoms with Crippen molar-refractivity contribution < 1.29 is 9.90 Å². The van der Waals surface area contributed by atoms with Crippen LogP contribution < -0.4 is 0 Å². The Morgan fingerprint density at radius 2 is 1.94 bits per heavy atom. The first-order valence-electron chi connectivity index (χ1n) is 4.23. The Hall–Kier alpha value is -0.720. The van der Waals surface area contributed by atoms with E-state index in [1.54, 1.807) is 0 Å². The molecule has 0 amide bonds. The molecule has 0 aliphatic rings. The molecule has 0 unspecified atom stereocenters. The second kappa shape index (κ2) is 4.65. The van der Waals surface area contributed by atoms with E-state index in [0.717, 1.165) is 14.5 Å². The van der Waals surface area contributed by atoms with Gasteiger partial charge in [0.05, 0.1) is 0 Å². The number of hydrogen-bond donors (Lipinski definition) is 1. The van der Waals surface area contributed by atoms with E-state index in [1.807, 2.05) is 18.2 Å². The lowest BCUT2D eigenvalue weighted by Crippen LogP contribution is -1.95. The zero-order valence-corrected chi connectivity index (χ0v) is 11.8. The molecular weight excluding hydrogens is 358 g/mol. The molecular formula is C10H5Br2NO2S. The maximum absolute atomic E-state index is 10.7. The predicted octanol–water partition coefficient (Wildman–Crippen LogP) is 4.03. The third-order valence-corrected chi connectivity index (χ3v) is 4.08. The third kappa shape index (κ3) is 2.18. The predicted molar refractivity (Wildman–Crippen MR) is 69.9 cm³/mol. The lowest BCUT2D eigenvalue weighted by atomic mass is 10.2. The molecule has 6 heteroatoms. The Morgan fingerprint density at radius 3 is 2.44 bits per heavy atom. The van der Waals surface area contributed by atoms with E-state index < -0.39 is 5.97 Å². The highest BCUT2D eigenvalue weighted by atomic mass is 79.9. The summed E-state index contributed by atoms with van der Waals surface area (Å²) in [5, 5.41) is 11.0. The normalized spacial score (nSPS) is 10.4. The molecule has 0 bridgehead atoms. The first-order chi connectivity index (χ1) is 7.59. The molecule has 1 aromatic carbocycles. The van der Waals surface area contributed by atoms with Gasteiger partial charge in [-0.3, -0.25) is 0 Å². The molecule has 3 nitrogen and oxygen atoms in total. The Morgan fingerprint density at radius 1 is 1.31 bits per heavy atom. The van der Waals surface area contributed by atoms with Gasteiger partial charge in [-0.1, -0.05) is 37.9 Å². The molecule has 1 N–H and O–H groups in total. The molecule has 1 aromatic heterocycles. The second-order valence-electron chi connectivity index (χ2n) is 2.94. The Balaban J connectivity index is 2.54. The number of nitrogens with zero attached hydrogens (tertiary/aromatic N) is 1. The van der Waals surface area contributed by atoms with Crippen LogP contribution in [0.4, 0.5) is 0 Å². The van der Waals surface area contributed by atoms with E-state index >= 15 is 0 Å². The summed E-state index contributed by atoms with van der Waals surface area (Å²) in [6.45, 7) is 0. The smallest absolute Gasteiger partial charge is 0.355 e. The molecule has 0 fully saturated rings. The van der Waals surface area contributed by atoms with Crippen LogP contribution in [0.1, 0.15) is 10.5 Å². The van der Waals surface area contributed by atoms with Gasteiger partial charge in [0.25, 0.3) is 0 Å². The average Bonchev–Trinajstić information content (AvgIpc) is 2.66. The fourth-order valence-corrected chi connectivity index (χ4v) is 3.69. The maximum atomic E-state index is 10.7. The SMILES string of the molecule is O=C(O)c1csc(-c2c(Br)cccc2Br)n1. The number of carboxylic acid groups (broad SMARTS) is 1. The van der Waals surface area contributed by atoms with Crippen LogP contribution in [0.15, 0.2) is 32.5 Å². The summed E-state index contributed by atoms with van der Waals surface area (Å²) < 4.78 is 1.77. The third-order valence-electron chi connectivity index (χ3n) is 1.90. The molecule has 0 radical (unpaired) electrons. The highest BCUT2D eigenvalue weighted by Gasteiger charge is 2.14. The zero-order chi connectivity index (χ0) is 11.7.